The SMILES string of the molecule is CCC(O)(O)c1ccccc1.O=C(Oc1ccccc1)Oc1ccccc1.Oc1ccccc1. The molecule has 4 aromatic rings. The molecule has 4 rings (SSSR count). The minimum Gasteiger partial charge on any atom is -0.508 e. The zero-order valence-corrected chi connectivity index (χ0v) is 18.8. The van der Waals surface area contributed by atoms with E-state index in [1.165, 1.54) is 0 Å². The van der Waals surface area contributed by atoms with Gasteiger partial charge in [-0.3, -0.25) is 0 Å². The largest absolute Gasteiger partial charge is 0.519 e. The highest BCUT2D eigenvalue weighted by atomic mass is 16.7. The van der Waals surface area contributed by atoms with Crippen molar-refractivity contribution in [3.63, 3.8) is 0 Å². The number of para-hydroxylation sites is 3. The van der Waals surface area contributed by atoms with Gasteiger partial charge in [0.25, 0.3) is 0 Å². The van der Waals surface area contributed by atoms with Crippen LogP contribution in [0.2, 0.25) is 0 Å². The van der Waals surface area contributed by atoms with E-state index >= 15 is 0 Å². The summed E-state index contributed by atoms with van der Waals surface area (Å²) >= 11 is 0. The lowest BCUT2D eigenvalue weighted by atomic mass is 10.0. The molecule has 3 N–H and O–H groups in total. The summed E-state index contributed by atoms with van der Waals surface area (Å²) in [5.74, 6) is -0.421. The lowest BCUT2D eigenvalue weighted by molar-refractivity contribution is -0.171. The van der Waals surface area contributed by atoms with Gasteiger partial charge in [-0.15, -0.1) is 0 Å². The third kappa shape index (κ3) is 9.99. The number of benzene rings is 4. The Kier molecular flexibility index (Phi) is 10.8. The summed E-state index contributed by atoms with van der Waals surface area (Å²) in [5.41, 5.74) is 0.544. The van der Waals surface area contributed by atoms with Crippen molar-refractivity contribution in [2.75, 3.05) is 0 Å². The van der Waals surface area contributed by atoms with E-state index in [2.05, 4.69) is 0 Å². The van der Waals surface area contributed by atoms with E-state index in [-0.39, 0.29) is 0 Å². The number of rotatable bonds is 4. The van der Waals surface area contributed by atoms with Crippen LogP contribution >= 0.6 is 0 Å². The molecule has 0 saturated heterocycles. The van der Waals surface area contributed by atoms with Gasteiger partial charge in [-0.05, 0) is 36.4 Å². The second-order valence-electron chi connectivity index (χ2n) is 6.95. The molecule has 0 aliphatic rings. The van der Waals surface area contributed by atoms with Crippen LogP contribution in [0.25, 0.3) is 0 Å². The van der Waals surface area contributed by atoms with E-state index in [1.54, 1.807) is 104 Å². The van der Waals surface area contributed by atoms with Gasteiger partial charge in [-0.2, -0.15) is 0 Å². The average molecular weight is 461 g/mol. The lowest BCUT2D eigenvalue weighted by Gasteiger charge is -2.19. The number of ether oxygens (including phenoxy) is 2. The van der Waals surface area contributed by atoms with E-state index in [0.29, 0.717) is 29.2 Å². The monoisotopic (exact) mass is 460 g/mol. The summed E-state index contributed by atoms with van der Waals surface area (Å²) in [6, 6.07) is 35.1. The number of carbonyl (C=O) groups is 1. The Hall–Kier alpha value is -4.13. The topological polar surface area (TPSA) is 96.2 Å². The first-order chi connectivity index (χ1) is 16.4. The number of aliphatic hydroxyl groups is 2. The zero-order valence-electron chi connectivity index (χ0n) is 18.8. The maximum Gasteiger partial charge on any atom is 0.519 e. The Morgan fingerprint density at radius 1 is 0.647 bits per heavy atom. The highest BCUT2D eigenvalue weighted by Gasteiger charge is 2.21. The van der Waals surface area contributed by atoms with E-state index < -0.39 is 11.9 Å². The van der Waals surface area contributed by atoms with Crippen LogP contribution in [0.5, 0.6) is 17.2 Å². The predicted molar refractivity (Wildman–Crippen MR) is 130 cm³/mol. The van der Waals surface area contributed by atoms with Gasteiger partial charge in [0.05, 0.1) is 0 Å². The summed E-state index contributed by atoms with van der Waals surface area (Å²) in [6.45, 7) is 1.73. The minimum atomic E-state index is -1.67. The van der Waals surface area contributed by atoms with Crippen molar-refractivity contribution in [3.8, 4) is 17.2 Å². The first kappa shape index (κ1) is 26.1. The van der Waals surface area contributed by atoms with Crippen molar-refractivity contribution in [1.82, 2.24) is 0 Å². The predicted octanol–water partition coefficient (Wildman–Crippen LogP) is 5.89. The lowest BCUT2D eigenvalue weighted by Crippen LogP contribution is -2.23. The van der Waals surface area contributed by atoms with Gasteiger partial charge in [-0.25, -0.2) is 4.79 Å². The van der Waals surface area contributed by atoms with Crippen LogP contribution in [0.3, 0.4) is 0 Å². The molecule has 0 saturated carbocycles. The van der Waals surface area contributed by atoms with Crippen LogP contribution in [0.15, 0.2) is 121 Å². The van der Waals surface area contributed by atoms with Crippen molar-refractivity contribution in [3.05, 3.63) is 127 Å². The molecule has 4 aromatic carbocycles. The third-order valence-electron chi connectivity index (χ3n) is 4.37. The number of hydrogen-bond acceptors (Lipinski definition) is 6. The smallest absolute Gasteiger partial charge is 0.508 e. The summed E-state index contributed by atoms with van der Waals surface area (Å²) in [5, 5.41) is 27.3. The molecule has 0 aliphatic carbocycles. The molecule has 176 valence electrons. The standard InChI is InChI=1S/C13H10O3.C9H12O2.C6H6O/c14-13(15-11-7-3-1-4-8-11)16-12-9-5-2-6-10-12;1-2-9(10,11)8-6-4-3-5-7-8;7-6-4-2-1-3-5-6/h1-10H;3-7,10-11H,2H2,1H3;1-5,7H. The Bertz CT molecular complexity index is 1030. The highest BCUT2D eigenvalue weighted by Crippen LogP contribution is 2.20. The van der Waals surface area contributed by atoms with Gasteiger partial charge in [-0.1, -0.05) is 91.9 Å². The van der Waals surface area contributed by atoms with E-state index in [0.717, 1.165) is 0 Å². The molecule has 0 aliphatic heterocycles. The van der Waals surface area contributed by atoms with Crippen LogP contribution in [0.1, 0.15) is 18.9 Å². The van der Waals surface area contributed by atoms with Gasteiger partial charge >= 0.3 is 6.16 Å². The van der Waals surface area contributed by atoms with E-state index in [9.17, 15) is 15.0 Å². The molecule has 0 atom stereocenters. The minimum absolute atomic E-state index is 0.303. The quantitative estimate of drug-likeness (QED) is 0.200. The molecular weight excluding hydrogens is 432 g/mol. The zero-order chi connectivity index (χ0) is 24.7. The van der Waals surface area contributed by atoms with Gasteiger partial charge in [0.15, 0.2) is 5.79 Å². The number of aromatic hydroxyl groups is 1. The van der Waals surface area contributed by atoms with Gasteiger partial charge < -0.3 is 24.8 Å². The molecule has 0 spiro atoms. The van der Waals surface area contributed by atoms with Crippen LogP contribution in [-0.4, -0.2) is 21.5 Å². The summed E-state index contributed by atoms with van der Waals surface area (Å²) < 4.78 is 9.91. The van der Waals surface area contributed by atoms with Crippen molar-refractivity contribution in [2.24, 2.45) is 0 Å². The van der Waals surface area contributed by atoms with Gasteiger partial charge in [0.1, 0.15) is 17.2 Å². The molecule has 0 bridgehead atoms. The second kappa shape index (κ2) is 14.1. The molecule has 6 heteroatoms. The van der Waals surface area contributed by atoms with Crippen molar-refractivity contribution >= 4 is 6.16 Å². The maximum atomic E-state index is 11.3. The Morgan fingerprint density at radius 2 is 1.00 bits per heavy atom. The number of phenolic OH excluding ortho intramolecular Hbond substituents is 1. The molecule has 0 radical (unpaired) electrons. The number of carbonyl (C=O) groups excluding carboxylic acids is 1. The number of phenols is 1. The third-order valence-corrected chi connectivity index (χ3v) is 4.37. The van der Waals surface area contributed by atoms with E-state index in [4.69, 9.17) is 14.6 Å². The molecule has 0 aromatic heterocycles. The Labute approximate surface area is 199 Å². The molecule has 0 amide bonds. The second-order valence-corrected chi connectivity index (χ2v) is 6.95. The van der Waals surface area contributed by atoms with Crippen LogP contribution < -0.4 is 9.47 Å². The van der Waals surface area contributed by atoms with Crippen molar-refractivity contribution in [1.29, 1.82) is 0 Å². The molecule has 0 unspecified atom stereocenters. The fraction of sp³-hybridized carbons (Fsp3) is 0.107. The van der Waals surface area contributed by atoms with Gasteiger partial charge in [0, 0.05) is 12.0 Å². The number of hydrogen-bond donors (Lipinski definition) is 3. The normalized spacial score (nSPS) is 9.97. The summed E-state index contributed by atoms with van der Waals surface area (Å²) in [4.78, 5) is 11.3. The first-order valence-corrected chi connectivity index (χ1v) is 10.6. The van der Waals surface area contributed by atoms with Crippen LogP contribution in [0, 0.1) is 0 Å². The molecule has 34 heavy (non-hydrogen) atoms. The van der Waals surface area contributed by atoms with Crippen molar-refractivity contribution in [2.45, 2.75) is 19.1 Å². The van der Waals surface area contributed by atoms with Crippen LogP contribution in [0.4, 0.5) is 4.79 Å². The molecule has 0 heterocycles. The average Bonchev–Trinajstić information content (AvgIpc) is 2.87. The van der Waals surface area contributed by atoms with E-state index in [1.807, 2.05) is 24.3 Å². The summed E-state index contributed by atoms with van der Waals surface area (Å²) in [7, 11) is 0. The summed E-state index contributed by atoms with van der Waals surface area (Å²) in [6.07, 6.45) is -0.436. The van der Waals surface area contributed by atoms with Crippen LogP contribution in [-0.2, 0) is 5.79 Å². The Balaban J connectivity index is 0.000000196. The first-order valence-electron chi connectivity index (χ1n) is 10.6. The maximum absolute atomic E-state index is 11.3. The van der Waals surface area contributed by atoms with Crippen molar-refractivity contribution < 1.29 is 29.6 Å². The fourth-order valence-corrected chi connectivity index (χ4v) is 2.53. The molecule has 0 fully saturated rings. The molecular formula is C28H28O6. The van der Waals surface area contributed by atoms with Gasteiger partial charge in [0.2, 0.25) is 0 Å². The fourth-order valence-electron chi connectivity index (χ4n) is 2.53. The molecule has 6 nitrogen and oxygen atoms in total. The Morgan fingerprint density at radius 3 is 1.32 bits per heavy atom. The highest BCUT2D eigenvalue weighted by molar-refractivity contribution is 5.66.